The van der Waals surface area contributed by atoms with Gasteiger partial charge in [0.15, 0.2) is 17.7 Å². The van der Waals surface area contributed by atoms with Gasteiger partial charge in [-0.25, -0.2) is 0 Å². The van der Waals surface area contributed by atoms with Crippen molar-refractivity contribution in [1.82, 2.24) is 0 Å². The Balaban J connectivity index is 2.12. The third kappa shape index (κ3) is 2.86. The van der Waals surface area contributed by atoms with Crippen LogP contribution >= 0.6 is 0 Å². The van der Waals surface area contributed by atoms with E-state index in [2.05, 4.69) is 37.4 Å². The summed E-state index contributed by atoms with van der Waals surface area (Å²) in [5, 5.41) is 3.50. The van der Waals surface area contributed by atoms with Crippen LogP contribution in [0.4, 0.5) is 5.69 Å². The van der Waals surface area contributed by atoms with E-state index < -0.39 is 0 Å². The van der Waals surface area contributed by atoms with Crippen molar-refractivity contribution in [3.63, 3.8) is 0 Å². The summed E-state index contributed by atoms with van der Waals surface area (Å²) < 4.78 is 23.2. The molecule has 1 heterocycles. The number of para-hydroxylation sites is 1. The molecule has 1 unspecified atom stereocenters. The predicted molar refractivity (Wildman–Crippen MR) is 102 cm³/mol. The van der Waals surface area contributed by atoms with Crippen molar-refractivity contribution in [2.24, 2.45) is 0 Å². The summed E-state index contributed by atoms with van der Waals surface area (Å²) in [7, 11) is 4.85. The zero-order valence-electron chi connectivity index (χ0n) is 16.1. The second-order valence-electron chi connectivity index (χ2n) is 6.31. The lowest BCUT2D eigenvalue weighted by molar-refractivity contribution is -0.104. The van der Waals surface area contributed by atoms with Crippen molar-refractivity contribution < 1.29 is 18.9 Å². The van der Waals surface area contributed by atoms with Gasteiger partial charge in [-0.05, 0) is 31.0 Å². The topological polar surface area (TPSA) is 49.0 Å². The van der Waals surface area contributed by atoms with Crippen LogP contribution in [0.3, 0.4) is 0 Å². The highest BCUT2D eigenvalue weighted by atomic mass is 16.5. The molecule has 2 aromatic rings. The number of benzene rings is 2. The van der Waals surface area contributed by atoms with Crippen molar-refractivity contribution in [2.45, 2.75) is 38.5 Å². The number of ether oxygens (including phenoxy) is 4. The quantitative estimate of drug-likeness (QED) is 0.799. The number of hydrogen-bond acceptors (Lipinski definition) is 5. The molecule has 5 heteroatoms. The Bertz CT molecular complexity index is 771. The predicted octanol–water partition coefficient (Wildman–Crippen LogP) is 4.87. The van der Waals surface area contributed by atoms with Gasteiger partial charge in [0.25, 0.3) is 0 Å². The van der Waals surface area contributed by atoms with Crippen LogP contribution in [-0.4, -0.2) is 21.3 Å². The van der Waals surface area contributed by atoms with Gasteiger partial charge in [-0.2, -0.15) is 0 Å². The van der Waals surface area contributed by atoms with Gasteiger partial charge in [0.05, 0.1) is 26.9 Å². The number of nitrogens with one attached hydrogen (secondary N) is 1. The second-order valence-corrected chi connectivity index (χ2v) is 6.31. The Kier molecular flexibility index (Phi) is 5.28. The summed E-state index contributed by atoms with van der Waals surface area (Å²) in [6.45, 7) is 4.32. The van der Waals surface area contributed by atoms with Crippen LogP contribution in [0.15, 0.2) is 36.4 Å². The maximum Gasteiger partial charge on any atom is 0.203 e. The van der Waals surface area contributed by atoms with Crippen LogP contribution in [0, 0.1) is 0 Å². The molecule has 1 N–H and O–H groups in total. The molecule has 0 aliphatic carbocycles. The summed E-state index contributed by atoms with van der Waals surface area (Å²) in [6.07, 6.45) is 1.42. The Hall–Kier alpha value is -2.40. The lowest BCUT2D eigenvalue weighted by Gasteiger charge is -2.43. The van der Waals surface area contributed by atoms with Crippen LogP contribution < -0.4 is 19.5 Å². The van der Waals surface area contributed by atoms with Gasteiger partial charge in [-0.3, -0.25) is 0 Å². The minimum absolute atomic E-state index is 0.343. The number of hydrogen-bond donors (Lipinski definition) is 1. The van der Waals surface area contributed by atoms with E-state index in [-0.39, 0.29) is 11.8 Å². The molecule has 26 heavy (non-hydrogen) atoms. The van der Waals surface area contributed by atoms with E-state index in [0.717, 1.165) is 24.1 Å². The lowest BCUT2D eigenvalue weighted by Crippen LogP contribution is -2.38. The molecular weight excluding hydrogens is 330 g/mol. The highest BCUT2D eigenvalue weighted by Gasteiger charge is 2.40. The van der Waals surface area contributed by atoms with Crippen LogP contribution in [-0.2, 0) is 10.3 Å². The second kappa shape index (κ2) is 7.46. The third-order valence-corrected chi connectivity index (χ3v) is 5.21. The smallest absolute Gasteiger partial charge is 0.203 e. The van der Waals surface area contributed by atoms with Gasteiger partial charge in [-0.1, -0.05) is 32.0 Å². The molecule has 1 atom stereocenters. The molecule has 0 amide bonds. The molecule has 0 bridgehead atoms. The first-order chi connectivity index (χ1) is 12.6. The summed E-state index contributed by atoms with van der Waals surface area (Å²) in [5.41, 5.74) is 2.82. The van der Waals surface area contributed by atoms with Crippen molar-refractivity contribution in [1.29, 1.82) is 0 Å². The molecule has 0 fully saturated rings. The van der Waals surface area contributed by atoms with E-state index in [0.29, 0.717) is 17.2 Å². The Morgan fingerprint density at radius 2 is 1.62 bits per heavy atom. The van der Waals surface area contributed by atoms with E-state index in [1.807, 2.05) is 18.2 Å². The van der Waals surface area contributed by atoms with Crippen molar-refractivity contribution >= 4 is 5.69 Å². The number of anilines is 1. The molecule has 1 aliphatic rings. The number of methoxy groups -OCH3 is 3. The van der Waals surface area contributed by atoms with E-state index in [9.17, 15) is 0 Å². The SMILES string of the molecule is CCC1(CC)OC(c2ccc(OC)c(OC)c2OC)Nc2ccccc21. The van der Waals surface area contributed by atoms with Gasteiger partial charge < -0.3 is 24.3 Å². The molecule has 3 rings (SSSR count). The average Bonchev–Trinajstić information content (AvgIpc) is 2.71. The molecule has 140 valence electrons. The highest BCUT2D eigenvalue weighted by Crippen LogP contribution is 2.49. The van der Waals surface area contributed by atoms with Gasteiger partial charge in [0.2, 0.25) is 5.75 Å². The average molecular weight is 357 g/mol. The number of rotatable bonds is 6. The minimum Gasteiger partial charge on any atom is -0.493 e. The third-order valence-electron chi connectivity index (χ3n) is 5.21. The maximum atomic E-state index is 6.61. The Morgan fingerprint density at radius 1 is 0.923 bits per heavy atom. The van der Waals surface area contributed by atoms with Gasteiger partial charge in [0, 0.05) is 16.8 Å². The molecule has 5 nitrogen and oxygen atoms in total. The summed E-state index contributed by atoms with van der Waals surface area (Å²) in [4.78, 5) is 0. The van der Waals surface area contributed by atoms with Gasteiger partial charge >= 0.3 is 0 Å². The van der Waals surface area contributed by atoms with E-state index in [1.54, 1.807) is 21.3 Å². The van der Waals surface area contributed by atoms with E-state index in [1.165, 1.54) is 5.56 Å². The first kappa shape index (κ1) is 18.4. The molecule has 0 saturated carbocycles. The fraction of sp³-hybridized carbons (Fsp3) is 0.429. The van der Waals surface area contributed by atoms with Crippen LogP contribution in [0.25, 0.3) is 0 Å². The van der Waals surface area contributed by atoms with Gasteiger partial charge in [0.1, 0.15) is 0 Å². The molecular formula is C21H27NO4. The minimum atomic E-state index is -0.348. The van der Waals surface area contributed by atoms with Crippen molar-refractivity contribution in [2.75, 3.05) is 26.6 Å². The standard InChI is InChI=1S/C21H27NO4/c1-6-21(7-2)15-10-8-9-11-16(15)22-20(26-21)14-12-13-17(23-3)19(25-5)18(14)24-4/h8-13,20,22H,6-7H2,1-5H3. The molecule has 0 saturated heterocycles. The normalized spacial score (nSPS) is 17.8. The van der Waals surface area contributed by atoms with Gasteiger partial charge in [-0.15, -0.1) is 0 Å². The number of fused-ring (bicyclic) bond motifs is 1. The summed E-state index contributed by atoms with van der Waals surface area (Å²) >= 11 is 0. The summed E-state index contributed by atoms with van der Waals surface area (Å²) in [5.74, 6) is 1.81. The largest absolute Gasteiger partial charge is 0.493 e. The van der Waals surface area contributed by atoms with Crippen molar-refractivity contribution in [3.05, 3.63) is 47.5 Å². The fourth-order valence-electron chi connectivity index (χ4n) is 3.74. The monoisotopic (exact) mass is 357 g/mol. The molecule has 1 aliphatic heterocycles. The van der Waals surface area contributed by atoms with Crippen molar-refractivity contribution in [3.8, 4) is 17.2 Å². The summed E-state index contributed by atoms with van der Waals surface area (Å²) in [6, 6.07) is 12.2. The Morgan fingerprint density at radius 3 is 2.23 bits per heavy atom. The zero-order valence-corrected chi connectivity index (χ0v) is 16.1. The maximum absolute atomic E-state index is 6.61. The molecule has 0 aromatic heterocycles. The van der Waals surface area contributed by atoms with Crippen LogP contribution in [0.2, 0.25) is 0 Å². The first-order valence-corrected chi connectivity index (χ1v) is 8.96. The Labute approximate surface area is 155 Å². The zero-order chi connectivity index (χ0) is 18.7. The molecule has 0 radical (unpaired) electrons. The first-order valence-electron chi connectivity index (χ1n) is 8.96. The lowest BCUT2D eigenvalue weighted by atomic mass is 9.85. The van der Waals surface area contributed by atoms with E-state index >= 15 is 0 Å². The molecule has 2 aromatic carbocycles. The fourth-order valence-corrected chi connectivity index (χ4v) is 3.74. The van der Waals surface area contributed by atoms with Crippen LogP contribution in [0.1, 0.15) is 44.0 Å². The molecule has 0 spiro atoms. The van der Waals surface area contributed by atoms with E-state index in [4.69, 9.17) is 18.9 Å². The highest BCUT2D eigenvalue weighted by molar-refractivity contribution is 5.61. The van der Waals surface area contributed by atoms with Crippen LogP contribution in [0.5, 0.6) is 17.2 Å².